The highest BCUT2D eigenvalue weighted by molar-refractivity contribution is 6.61. The van der Waals surface area contributed by atoms with E-state index in [1.807, 2.05) is 0 Å². The molecule has 1 spiro atoms. The molecule has 0 radical (unpaired) electrons. The van der Waals surface area contributed by atoms with Gasteiger partial charge in [-0.15, -0.1) is 0 Å². The van der Waals surface area contributed by atoms with Crippen LogP contribution in [0.5, 0.6) is 0 Å². The van der Waals surface area contributed by atoms with Crippen LogP contribution in [0.25, 0.3) is 0 Å². The van der Waals surface area contributed by atoms with Crippen molar-refractivity contribution in [2.75, 3.05) is 0 Å². The van der Waals surface area contributed by atoms with E-state index in [4.69, 9.17) is 29.4 Å². The molecule has 0 aromatic carbocycles. The van der Waals surface area contributed by atoms with Crippen LogP contribution >= 0.6 is 0 Å². The molecule has 2 fully saturated rings. The summed E-state index contributed by atoms with van der Waals surface area (Å²) in [6.07, 6.45) is -0.948. The third-order valence-electron chi connectivity index (χ3n) is 2.02. The zero-order valence-corrected chi connectivity index (χ0v) is 7.37. The second kappa shape index (κ2) is 2.46. The fraction of sp³-hybridized carbons (Fsp3) is 0.667. The zero-order valence-electron chi connectivity index (χ0n) is 7.37. The molecule has 0 aliphatic carbocycles. The van der Waals surface area contributed by atoms with E-state index in [9.17, 15) is 0 Å². The molecule has 2 aliphatic rings. The van der Waals surface area contributed by atoms with Gasteiger partial charge < -0.3 is 18.6 Å². The van der Waals surface area contributed by atoms with Crippen LogP contribution < -0.4 is 0 Å². The summed E-state index contributed by atoms with van der Waals surface area (Å²) in [6.45, 7) is 0.982. The third kappa shape index (κ3) is 1.20. The molecule has 0 aromatic heterocycles. The lowest BCUT2D eigenvalue weighted by molar-refractivity contribution is 0.0888. The normalized spacial score (nSPS) is 43.8. The van der Waals surface area contributed by atoms with Crippen molar-refractivity contribution in [3.05, 3.63) is 0 Å². The largest absolute Gasteiger partial charge is 0.655 e. The first-order chi connectivity index (χ1) is 6.02. The van der Waals surface area contributed by atoms with Crippen molar-refractivity contribution in [1.82, 2.24) is 0 Å². The Kier molecular flexibility index (Phi) is 1.61. The van der Waals surface area contributed by atoms with Gasteiger partial charge in [0.2, 0.25) is 0 Å². The summed E-state index contributed by atoms with van der Waals surface area (Å²) in [5, 5.41) is 14.6. The second-order valence-corrected chi connectivity index (χ2v) is 3.10. The molecule has 2 saturated heterocycles. The average molecular weight is 185 g/mol. The smallest absolute Gasteiger partial charge is 0.622 e. The Balaban J connectivity index is 2.17. The highest BCUT2D eigenvalue weighted by Crippen LogP contribution is 2.29. The highest BCUT2D eigenvalue weighted by atomic mass is 16.9. The van der Waals surface area contributed by atoms with Crippen LogP contribution in [0.1, 0.15) is 13.8 Å². The van der Waals surface area contributed by atoms with Gasteiger partial charge in [-0.2, -0.15) is 0 Å². The van der Waals surface area contributed by atoms with Crippen molar-refractivity contribution >= 4 is 18.8 Å². The standard InChI is InChI=1S/C6H10BN2O4/c1-3-5(8)12-7(10-3)11-4(2)6(9)13-7/h3-4,8-9H,1-2H3/q-1/t3-,4-,7?/m0/s1. The van der Waals surface area contributed by atoms with Crippen molar-refractivity contribution < 1.29 is 18.6 Å². The summed E-state index contributed by atoms with van der Waals surface area (Å²) in [5.74, 6) is -0.0520. The van der Waals surface area contributed by atoms with Crippen molar-refractivity contribution in [1.29, 1.82) is 10.8 Å². The predicted octanol–water partition coefficient (Wildman–Crippen LogP) is 0.247. The quantitative estimate of drug-likeness (QED) is 0.529. The van der Waals surface area contributed by atoms with E-state index in [0.717, 1.165) is 0 Å². The number of hydrogen-bond donors (Lipinski definition) is 2. The van der Waals surface area contributed by atoms with Crippen LogP contribution in [0, 0.1) is 10.8 Å². The van der Waals surface area contributed by atoms with E-state index in [-0.39, 0.29) is 11.8 Å². The average Bonchev–Trinajstić information content (AvgIpc) is 2.39. The maximum absolute atomic E-state index is 7.31. The Bertz CT molecular complexity index is 254. The number of nitrogens with one attached hydrogen (secondary N) is 2. The van der Waals surface area contributed by atoms with Crippen molar-refractivity contribution in [2.24, 2.45) is 0 Å². The summed E-state index contributed by atoms with van der Waals surface area (Å²) in [7, 11) is 0. The van der Waals surface area contributed by atoms with Gasteiger partial charge in [0, 0.05) is 0 Å². The molecule has 72 valence electrons. The van der Waals surface area contributed by atoms with Crippen LogP contribution in [0.15, 0.2) is 0 Å². The summed E-state index contributed by atoms with van der Waals surface area (Å²) in [5.41, 5.74) is 0. The first kappa shape index (κ1) is 8.52. The summed E-state index contributed by atoms with van der Waals surface area (Å²) >= 11 is 0. The Labute approximate surface area is 75.2 Å². The summed E-state index contributed by atoms with van der Waals surface area (Å²) in [6, 6.07) is 0. The van der Waals surface area contributed by atoms with Crippen molar-refractivity contribution in [3.8, 4) is 0 Å². The lowest BCUT2D eigenvalue weighted by Gasteiger charge is -2.26. The van der Waals surface area contributed by atoms with Crippen LogP contribution in [0.4, 0.5) is 0 Å². The molecule has 0 saturated carbocycles. The van der Waals surface area contributed by atoms with E-state index >= 15 is 0 Å². The SMILES string of the molecule is C[C@@H]1O[B-]2(OC1=N)OC(=N)[C@H](C)O2. The molecule has 7 heteroatoms. The molecule has 2 N–H and O–H groups in total. The van der Waals surface area contributed by atoms with E-state index in [2.05, 4.69) is 0 Å². The Hall–Kier alpha value is -1.08. The van der Waals surface area contributed by atoms with Crippen molar-refractivity contribution in [2.45, 2.75) is 26.1 Å². The molecule has 2 aliphatic heterocycles. The lowest BCUT2D eigenvalue weighted by Crippen LogP contribution is -2.40. The van der Waals surface area contributed by atoms with E-state index in [1.165, 1.54) is 0 Å². The Morgan fingerprint density at radius 1 is 1.00 bits per heavy atom. The van der Waals surface area contributed by atoms with Crippen LogP contribution in [0.3, 0.4) is 0 Å². The zero-order chi connectivity index (χ0) is 9.64. The van der Waals surface area contributed by atoms with Gasteiger partial charge in [0.1, 0.15) is 0 Å². The maximum atomic E-state index is 7.31. The predicted molar refractivity (Wildman–Crippen MR) is 44.5 cm³/mol. The summed E-state index contributed by atoms with van der Waals surface area (Å²) in [4.78, 5) is 0. The summed E-state index contributed by atoms with van der Waals surface area (Å²) < 4.78 is 20.4. The molecule has 6 nitrogen and oxygen atoms in total. The monoisotopic (exact) mass is 185 g/mol. The van der Waals surface area contributed by atoms with Gasteiger partial charge in [-0.05, 0) is 13.8 Å². The molecule has 13 heavy (non-hydrogen) atoms. The van der Waals surface area contributed by atoms with Gasteiger partial charge in [-0.1, -0.05) is 0 Å². The fourth-order valence-corrected chi connectivity index (χ4v) is 1.29. The third-order valence-corrected chi connectivity index (χ3v) is 2.02. The van der Waals surface area contributed by atoms with Crippen LogP contribution in [-0.2, 0) is 18.6 Å². The van der Waals surface area contributed by atoms with Crippen LogP contribution in [0.2, 0.25) is 0 Å². The minimum atomic E-state index is -2.35. The second-order valence-electron chi connectivity index (χ2n) is 3.10. The van der Waals surface area contributed by atoms with E-state index < -0.39 is 19.2 Å². The molecule has 2 heterocycles. The molecule has 2 rings (SSSR count). The fourth-order valence-electron chi connectivity index (χ4n) is 1.29. The molecule has 0 aromatic rings. The topological polar surface area (TPSA) is 84.6 Å². The van der Waals surface area contributed by atoms with E-state index in [1.54, 1.807) is 13.8 Å². The van der Waals surface area contributed by atoms with Gasteiger partial charge >= 0.3 is 6.96 Å². The van der Waals surface area contributed by atoms with Gasteiger partial charge in [0.15, 0.2) is 11.8 Å². The first-order valence-corrected chi connectivity index (χ1v) is 4.05. The minimum Gasteiger partial charge on any atom is -0.622 e. The van der Waals surface area contributed by atoms with Gasteiger partial charge in [0.05, 0.1) is 12.2 Å². The first-order valence-electron chi connectivity index (χ1n) is 4.05. The Morgan fingerprint density at radius 2 is 1.38 bits per heavy atom. The van der Waals surface area contributed by atoms with Crippen LogP contribution in [-0.4, -0.2) is 31.0 Å². The minimum absolute atomic E-state index is 0.0260. The molecule has 2 atom stereocenters. The molecule has 0 bridgehead atoms. The molecular weight excluding hydrogens is 175 g/mol. The van der Waals surface area contributed by atoms with E-state index in [0.29, 0.717) is 0 Å². The molecule has 0 unspecified atom stereocenters. The van der Waals surface area contributed by atoms with Gasteiger partial charge in [0.25, 0.3) is 0 Å². The highest BCUT2D eigenvalue weighted by Gasteiger charge is 2.52. The number of rotatable bonds is 0. The Morgan fingerprint density at radius 3 is 1.62 bits per heavy atom. The molecule has 0 amide bonds. The van der Waals surface area contributed by atoms with Crippen molar-refractivity contribution in [3.63, 3.8) is 0 Å². The number of hydrogen-bond acceptors (Lipinski definition) is 6. The maximum Gasteiger partial charge on any atom is 0.655 e. The lowest BCUT2D eigenvalue weighted by atomic mass is 10.1. The molecular formula is C6H10BN2O4-. The van der Waals surface area contributed by atoms with Gasteiger partial charge in [-0.25, -0.2) is 0 Å². The van der Waals surface area contributed by atoms with Gasteiger partial charge in [-0.3, -0.25) is 10.8 Å².